The number of rotatable bonds is 4. The fraction of sp³-hybridized carbons (Fsp3) is 0.381. The van der Waals surface area contributed by atoms with Crippen molar-refractivity contribution in [1.82, 2.24) is 0 Å². The number of benzene rings is 2. The first-order valence-electron chi connectivity index (χ1n) is 9.06. The third-order valence-electron chi connectivity index (χ3n) is 4.70. The number of amides is 1. The molecule has 1 saturated heterocycles. The number of carbonyl (C=O) groups is 1. The first kappa shape index (κ1) is 18.9. The second kappa shape index (κ2) is 8.21. The molecule has 3 rings (SSSR count). The molecule has 0 saturated carbocycles. The van der Waals surface area contributed by atoms with Crippen molar-refractivity contribution in [2.45, 2.75) is 39.5 Å². The van der Waals surface area contributed by atoms with Gasteiger partial charge in [0, 0.05) is 21.8 Å². The molecule has 1 heterocycles. The Morgan fingerprint density at radius 1 is 1.15 bits per heavy atom. The van der Waals surface area contributed by atoms with Crippen LogP contribution in [0, 0.1) is 6.92 Å². The van der Waals surface area contributed by atoms with Crippen molar-refractivity contribution in [1.29, 1.82) is 0 Å². The van der Waals surface area contributed by atoms with E-state index in [2.05, 4.69) is 19.2 Å². The molecular formula is C21H26ClN2O2+. The third kappa shape index (κ3) is 4.85. The molecule has 5 heteroatoms. The maximum absolute atomic E-state index is 12.4. The van der Waals surface area contributed by atoms with E-state index in [-0.39, 0.29) is 5.91 Å². The lowest BCUT2D eigenvalue weighted by atomic mass is 10.1. The number of morpholine rings is 1. The van der Waals surface area contributed by atoms with Gasteiger partial charge in [-0.15, -0.1) is 0 Å². The van der Waals surface area contributed by atoms with Crippen molar-refractivity contribution < 1.29 is 14.4 Å². The third-order valence-corrected chi connectivity index (χ3v) is 5.13. The van der Waals surface area contributed by atoms with E-state index in [1.165, 1.54) is 10.5 Å². The van der Waals surface area contributed by atoms with Gasteiger partial charge in [-0.25, -0.2) is 0 Å². The fourth-order valence-electron chi connectivity index (χ4n) is 3.52. The number of nitrogens with one attached hydrogen (secondary N) is 2. The standard InChI is InChI=1S/C21H25ClN2O2/c1-14-10-19(8-9-20(14)22)23-21(25)18-6-4-17(5-7-18)13-24-11-15(2)26-16(3)12-24/h4-10,15-16H,11-13H2,1-3H3,(H,23,25)/p+1/t15-,16+. The molecule has 1 unspecified atom stereocenters. The highest BCUT2D eigenvalue weighted by Crippen LogP contribution is 2.20. The lowest BCUT2D eigenvalue weighted by Crippen LogP contribution is -3.14. The van der Waals surface area contributed by atoms with Crippen LogP contribution in [0.3, 0.4) is 0 Å². The summed E-state index contributed by atoms with van der Waals surface area (Å²) in [7, 11) is 0. The summed E-state index contributed by atoms with van der Waals surface area (Å²) < 4.78 is 5.79. The van der Waals surface area contributed by atoms with Gasteiger partial charge >= 0.3 is 0 Å². The Bertz CT molecular complexity index is 766. The van der Waals surface area contributed by atoms with Crippen molar-refractivity contribution in [2.24, 2.45) is 0 Å². The van der Waals surface area contributed by atoms with E-state index < -0.39 is 0 Å². The Kier molecular flexibility index (Phi) is 5.97. The summed E-state index contributed by atoms with van der Waals surface area (Å²) in [5.74, 6) is -0.112. The minimum atomic E-state index is -0.112. The molecule has 2 N–H and O–H groups in total. The van der Waals surface area contributed by atoms with Crippen LogP contribution in [0.1, 0.15) is 35.3 Å². The van der Waals surface area contributed by atoms with Crippen molar-refractivity contribution in [3.05, 3.63) is 64.2 Å². The lowest BCUT2D eigenvalue weighted by molar-refractivity contribution is -0.928. The number of ether oxygens (including phenoxy) is 1. The first-order chi connectivity index (χ1) is 12.4. The molecule has 0 aliphatic carbocycles. The zero-order chi connectivity index (χ0) is 18.7. The summed E-state index contributed by atoms with van der Waals surface area (Å²) in [4.78, 5) is 14.0. The van der Waals surface area contributed by atoms with Gasteiger partial charge in [-0.3, -0.25) is 4.79 Å². The van der Waals surface area contributed by atoms with Gasteiger partial charge in [0.25, 0.3) is 5.91 Å². The highest BCUT2D eigenvalue weighted by atomic mass is 35.5. The van der Waals surface area contributed by atoms with Gasteiger partial charge in [-0.1, -0.05) is 23.7 Å². The van der Waals surface area contributed by atoms with Gasteiger partial charge < -0.3 is 15.0 Å². The zero-order valence-corrected chi connectivity index (χ0v) is 16.3. The molecule has 0 bridgehead atoms. The van der Waals surface area contributed by atoms with Gasteiger partial charge in [0.15, 0.2) is 0 Å². The van der Waals surface area contributed by atoms with E-state index in [4.69, 9.17) is 16.3 Å². The quantitative estimate of drug-likeness (QED) is 0.864. The van der Waals surface area contributed by atoms with Crippen molar-refractivity contribution >= 4 is 23.2 Å². The molecule has 3 atom stereocenters. The molecule has 1 aliphatic rings. The summed E-state index contributed by atoms with van der Waals surface area (Å²) >= 11 is 6.03. The van der Waals surface area contributed by atoms with E-state index in [0.29, 0.717) is 22.8 Å². The molecule has 26 heavy (non-hydrogen) atoms. The number of quaternary nitrogens is 1. The smallest absolute Gasteiger partial charge is 0.255 e. The largest absolute Gasteiger partial charge is 0.364 e. The molecule has 0 aromatic heterocycles. The van der Waals surface area contributed by atoms with E-state index in [9.17, 15) is 4.79 Å². The van der Waals surface area contributed by atoms with Gasteiger partial charge in [0.05, 0.1) is 0 Å². The van der Waals surface area contributed by atoms with Gasteiger partial charge in [0.1, 0.15) is 31.8 Å². The Morgan fingerprint density at radius 3 is 2.42 bits per heavy atom. The predicted octanol–water partition coefficient (Wildman–Crippen LogP) is 3.09. The van der Waals surface area contributed by atoms with Crippen LogP contribution in [0.15, 0.2) is 42.5 Å². The monoisotopic (exact) mass is 373 g/mol. The minimum Gasteiger partial charge on any atom is -0.364 e. The average Bonchev–Trinajstić information content (AvgIpc) is 2.58. The number of hydrogen-bond donors (Lipinski definition) is 2. The van der Waals surface area contributed by atoms with Crippen LogP contribution < -0.4 is 10.2 Å². The van der Waals surface area contributed by atoms with Crippen molar-refractivity contribution in [2.75, 3.05) is 18.4 Å². The molecule has 2 aromatic rings. The van der Waals surface area contributed by atoms with Crippen LogP contribution in [0.4, 0.5) is 5.69 Å². The maximum atomic E-state index is 12.4. The summed E-state index contributed by atoms with van der Waals surface area (Å²) in [5, 5.41) is 3.62. The van der Waals surface area contributed by atoms with Crippen LogP contribution in [-0.4, -0.2) is 31.2 Å². The van der Waals surface area contributed by atoms with Gasteiger partial charge in [0.2, 0.25) is 0 Å². The SMILES string of the molecule is Cc1cc(NC(=O)c2ccc(C[NH+]3C[C@@H](C)O[C@@H](C)C3)cc2)ccc1Cl. The van der Waals surface area contributed by atoms with Crippen LogP contribution in [0.5, 0.6) is 0 Å². The van der Waals surface area contributed by atoms with E-state index in [1.54, 1.807) is 6.07 Å². The molecular weight excluding hydrogens is 348 g/mol. The van der Waals surface area contributed by atoms with Crippen LogP contribution in [0.2, 0.25) is 5.02 Å². The molecule has 1 aliphatic heterocycles. The van der Waals surface area contributed by atoms with Gasteiger partial charge in [-0.05, 0) is 56.7 Å². The van der Waals surface area contributed by atoms with Crippen LogP contribution >= 0.6 is 11.6 Å². The normalized spacial score (nSPS) is 22.8. The Balaban J connectivity index is 1.61. The van der Waals surface area contributed by atoms with Crippen LogP contribution in [0.25, 0.3) is 0 Å². The Hall–Kier alpha value is -1.88. The molecule has 2 aromatic carbocycles. The minimum absolute atomic E-state index is 0.112. The Morgan fingerprint density at radius 2 is 1.81 bits per heavy atom. The van der Waals surface area contributed by atoms with E-state index in [0.717, 1.165) is 30.9 Å². The van der Waals surface area contributed by atoms with Gasteiger partial charge in [-0.2, -0.15) is 0 Å². The number of hydrogen-bond acceptors (Lipinski definition) is 2. The Labute approximate surface area is 160 Å². The zero-order valence-electron chi connectivity index (χ0n) is 15.5. The van der Waals surface area contributed by atoms with Crippen molar-refractivity contribution in [3.63, 3.8) is 0 Å². The molecule has 1 amide bonds. The lowest BCUT2D eigenvalue weighted by Gasteiger charge is -2.32. The first-order valence-corrected chi connectivity index (χ1v) is 9.44. The van der Waals surface area contributed by atoms with E-state index >= 15 is 0 Å². The number of anilines is 1. The number of halogens is 1. The topological polar surface area (TPSA) is 42.8 Å². The molecule has 1 fully saturated rings. The van der Waals surface area contributed by atoms with Crippen LogP contribution in [-0.2, 0) is 11.3 Å². The molecule has 0 radical (unpaired) electrons. The van der Waals surface area contributed by atoms with Crippen molar-refractivity contribution in [3.8, 4) is 0 Å². The number of aryl methyl sites for hydroxylation is 1. The fourth-order valence-corrected chi connectivity index (χ4v) is 3.64. The summed E-state index contributed by atoms with van der Waals surface area (Å²) in [6.45, 7) is 9.16. The number of carbonyl (C=O) groups excluding carboxylic acids is 1. The highest BCUT2D eigenvalue weighted by Gasteiger charge is 2.25. The predicted molar refractivity (Wildman–Crippen MR) is 105 cm³/mol. The maximum Gasteiger partial charge on any atom is 0.255 e. The molecule has 4 nitrogen and oxygen atoms in total. The summed E-state index contributed by atoms with van der Waals surface area (Å²) in [6, 6.07) is 13.3. The summed E-state index contributed by atoms with van der Waals surface area (Å²) in [6.07, 6.45) is 0.586. The van der Waals surface area contributed by atoms with E-state index in [1.807, 2.05) is 43.3 Å². The average molecular weight is 374 g/mol. The summed E-state index contributed by atoms with van der Waals surface area (Å²) in [5.41, 5.74) is 3.58. The second-order valence-corrected chi connectivity index (χ2v) is 7.61. The highest BCUT2D eigenvalue weighted by molar-refractivity contribution is 6.31. The second-order valence-electron chi connectivity index (χ2n) is 7.21. The molecule has 138 valence electrons. The molecule has 0 spiro atoms.